The molecule has 0 spiro atoms. The van der Waals surface area contributed by atoms with Gasteiger partial charge in [-0.25, -0.2) is 4.98 Å². The molecule has 0 bridgehead atoms. The van der Waals surface area contributed by atoms with Crippen LogP contribution in [0.25, 0.3) is 0 Å². The first-order valence-electron chi connectivity index (χ1n) is 7.93. The molecule has 2 N–H and O–H groups in total. The van der Waals surface area contributed by atoms with Gasteiger partial charge in [-0.2, -0.15) is 0 Å². The van der Waals surface area contributed by atoms with E-state index in [1.807, 2.05) is 18.2 Å². The first kappa shape index (κ1) is 15.5. The average Bonchev–Trinajstić information content (AvgIpc) is 2.58. The van der Waals surface area contributed by atoms with Gasteiger partial charge >= 0.3 is 0 Å². The predicted octanol–water partition coefficient (Wildman–Crippen LogP) is 2.64. The van der Waals surface area contributed by atoms with Crippen LogP contribution in [0.15, 0.2) is 48.7 Å². The van der Waals surface area contributed by atoms with Gasteiger partial charge < -0.3 is 10.4 Å². The van der Waals surface area contributed by atoms with E-state index < -0.39 is 0 Å². The summed E-state index contributed by atoms with van der Waals surface area (Å²) in [6.07, 6.45) is 3.42. The number of anilines is 1. The Kier molecular flexibility index (Phi) is 4.88. The van der Waals surface area contributed by atoms with Crippen molar-refractivity contribution < 1.29 is 9.90 Å². The van der Waals surface area contributed by atoms with Crippen LogP contribution in [0.3, 0.4) is 0 Å². The summed E-state index contributed by atoms with van der Waals surface area (Å²) in [6.45, 7) is 2.60. The van der Waals surface area contributed by atoms with Gasteiger partial charge in [0, 0.05) is 19.3 Å². The van der Waals surface area contributed by atoms with E-state index in [9.17, 15) is 9.90 Å². The zero-order chi connectivity index (χ0) is 16.1. The molecule has 1 fully saturated rings. The lowest BCUT2D eigenvalue weighted by Gasteiger charge is -2.32. The Labute approximate surface area is 136 Å². The molecular weight excluding hydrogens is 290 g/mol. The number of rotatable bonds is 4. The molecule has 1 saturated heterocycles. The van der Waals surface area contributed by atoms with Crippen molar-refractivity contribution in [3.63, 3.8) is 0 Å². The maximum atomic E-state index is 12.4. The molecule has 1 unspecified atom stereocenters. The molecule has 120 valence electrons. The van der Waals surface area contributed by atoms with E-state index >= 15 is 0 Å². The molecule has 1 amide bonds. The number of benzene rings is 1. The van der Waals surface area contributed by atoms with Crippen LogP contribution in [-0.4, -0.2) is 34.0 Å². The molecule has 2 heterocycles. The van der Waals surface area contributed by atoms with Gasteiger partial charge in [-0.3, -0.25) is 9.69 Å². The lowest BCUT2D eigenvalue weighted by molar-refractivity contribution is -0.121. The van der Waals surface area contributed by atoms with Crippen LogP contribution >= 0.6 is 0 Å². The largest absolute Gasteiger partial charge is 0.504 e. The Hall–Kier alpha value is -2.40. The van der Waals surface area contributed by atoms with E-state index in [4.69, 9.17) is 0 Å². The predicted molar refractivity (Wildman–Crippen MR) is 89.0 cm³/mol. The highest BCUT2D eigenvalue weighted by atomic mass is 16.3. The summed E-state index contributed by atoms with van der Waals surface area (Å²) in [5.41, 5.74) is 1.26. The zero-order valence-corrected chi connectivity index (χ0v) is 13.0. The van der Waals surface area contributed by atoms with Gasteiger partial charge in [0.15, 0.2) is 11.6 Å². The van der Waals surface area contributed by atoms with Crippen LogP contribution in [0.1, 0.15) is 18.4 Å². The molecule has 3 rings (SSSR count). The van der Waals surface area contributed by atoms with Crippen molar-refractivity contribution in [3.05, 3.63) is 54.2 Å². The molecule has 0 radical (unpaired) electrons. The number of aromatic hydroxyl groups is 1. The number of nitrogens with one attached hydrogen (secondary N) is 1. The molecule has 1 aromatic carbocycles. The van der Waals surface area contributed by atoms with E-state index in [1.54, 1.807) is 12.3 Å². The summed E-state index contributed by atoms with van der Waals surface area (Å²) in [7, 11) is 0. The second-order valence-electron chi connectivity index (χ2n) is 5.92. The highest BCUT2D eigenvalue weighted by molar-refractivity contribution is 5.93. The number of amides is 1. The molecule has 1 aromatic heterocycles. The molecule has 2 aromatic rings. The molecule has 0 saturated carbocycles. The minimum Gasteiger partial charge on any atom is -0.504 e. The number of likely N-dealkylation sites (tertiary alicyclic amines) is 1. The molecule has 5 nitrogen and oxygen atoms in total. The zero-order valence-electron chi connectivity index (χ0n) is 13.0. The SMILES string of the molecule is O=C(Nc1ncccc1O)C1CCCN(Cc2ccccc2)C1. The van der Waals surface area contributed by atoms with E-state index in [-0.39, 0.29) is 23.4 Å². The Morgan fingerprint density at radius 3 is 2.87 bits per heavy atom. The van der Waals surface area contributed by atoms with Crippen molar-refractivity contribution in [1.29, 1.82) is 0 Å². The van der Waals surface area contributed by atoms with Crippen molar-refractivity contribution >= 4 is 11.7 Å². The van der Waals surface area contributed by atoms with Gasteiger partial charge in [-0.05, 0) is 37.1 Å². The Morgan fingerprint density at radius 2 is 2.09 bits per heavy atom. The summed E-state index contributed by atoms with van der Waals surface area (Å²) in [4.78, 5) is 18.7. The number of pyridine rings is 1. The van der Waals surface area contributed by atoms with Crippen LogP contribution in [0.4, 0.5) is 5.82 Å². The summed E-state index contributed by atoms with van der Waals surface area (Å²) in [6, 6.07) is 13.4. The molecular formula is C18H21N3O2. The fraction of sp³-hybridized carbons (Fsp3) is 0.333. The number of carbonyl (C=O) groups excluding carboxylic acids is 1. The van der Waals surface area contributed by atoms with Crippen LogP contribution in [0.2, 0.25) is 0 Å². The lowest BCUT2D eigenvalue weighted by atomic mass is 9.96. The third-order valence-corrected chi connectivity index (χ3v) is 4.15. The van der Waals surface area contributed by atoms with E-state index in [2.05, 4.69) is 27.3 Å². The molecule has 0 aliphatic carbocycles. The van der Waals surface area contributed by atoms with Crippen molar-refractivity contribution in [2.75, 3.05) is 18.4 Å². The van der Waals surface area contributed by atoms with Crippen LogP contribution < -0.4 is 5.32 Å². The molecule has 5 heteroatoms. The molecule has 1 aliphatic rings. The Balaban J connectivity index is 1.59. The number of piperidine rings is 1. The van der Waals surface area contributed by atoms with E-state index in [0.717, 1.165) is 32.5 Å². The number of nitrogens with zero attached hydrogens (tertiary/aromatic N) is 2. The van der Waals surface area contributed by atoms with Gasteiger partial charge in [0.05, 0.1) is 5.92 Å². The first-order valence-corrected chi connectivity index (χ1v) is 7.93. The van der Waals surface area contributed by atoms with Crippen LogP contribution in [-0.2, 0) is 11.3 Å². The molecule has 23 heavy (non-hydrogen) atoms. The van der Waals surface area contributed by atoms with Gasteiger partial charge in [-0.1, -0.05) is 30.3 Å². The van der Waals surface area contributed by atoms with E-state index in [0.29, 0.717) is 0 Å². The summed E-state index contributed by atoms with van der Waals surface area (Å²) in [5, 5.41) is 12.5. The maximum Gasteiger partial charge on any atom is 0.230 e. The number of carbonyl (C=O) groups is 1. The number of hydrogen-bond donors (Lipinski definition) is 2. The van der Waals surface area contributed by atoms with Crippen molar-refractivity contribution in [2.24, 2.45) is 5.92 Å². The van der Waals surface area contributed by atoms with Gasteiger partial charge in [-0.15, -0.1) is 0 Å². The second-order valence-corrected chi connectivity index (χ2v) is 5.92. The summed E-state index contributed by atoms with van der Waals surface area (Å²) >= 11 is 0. The summed E-state index contributed by atoms with van der Waals surface area (Å²) in [5.74, 6) is 0.0844. The van der Waals surface area contributed by atoms with Crippen LogP contribution in [0.5, 0.6) is 5.75 Å². The Bertz CT molecular complexity index is 660. The first-order chi connectivity index (χ1) is 11.2. The third kappa shape index (κ3) is 4.07. The summed E-state index contributed by atoms with van der Waals surface area (Å²) < 4.78 is 0. The maximum absolute atomic E-state index is 12.4. The monoisotopic (exact) mass is 311 g/mol. The minimum absolute atomic E-state index is 0.00204. The minimum atomic E-state index is -0.0751. The third-order valence-electron chi connectivity index (χ3n) is 4.15. The molecule has 1 atom stereocenters. The van der Waals surface area contributed by atoms with Gasteiger partial charge in [0.2, 0.25) is 5.91 Å². The topological polar surface area (TPSA) is 65.5 Å². The number of aromatic nitrogens is 1. The van der Waals surface area contributed by atoms with Crippen molar-refractivity contribution in [2.45, 2.75) is 19.4 Å². The highest BCUT2D eigenvalue weighted by Crippen LogP contribution is 2.23. The van der Waals surface area contributed by atoms with Gasteiger partial charge in [0.1, 0.15) is 0 Å². The average molecular weight is 311 g/mol. The molecule has 1 aliphatic heterocycles. The van der Waals surface area contributed by atoms with Crippen LogP contribution in [0, 0.1) is 5.92 Å². The van der Waals surface area contributed by atoms with Crippen molar-refractivity contribution in [1.82, 2.24) is 9.88 Å². The Morgan fingerprint density at radius 1 is 1.26 bits per heavy atom. The standard InChI is InChI=1S/C18H21N3O2/c22-16-9-4-10-19-17(16)20-18(23)15-8-5-11-21(13-15)12-14-6-2-1-3-7-14/h1-4,6-7,9-10,15,22H,5,8,11-13H2,(H,19,20,23). The fourth-order valence-corrected chi connectivity index (χ4v) is 2.97. The smallest absolute Gasteiger partial charge is 0.230 e. The highest BCUT2D eigenvalue weighted by Gasteiger charge is 2.26. The normalized spacial score (nSPS) is 18.5. The lowest BCUT2D eigenvalue weighted by Crippen LogP contribution is -2.40. The second kappa shape index (κ2) is 7.24. The van der Waals surface area contributed by atoms with E-state index in [1.165, 1.54) is 11.6 Å². The quantitative estimate of drug-likeness (QED) is 0.911. The van der Waals surface area contributed by atoms with Crippen molar-refractivity contribution in [3.8, 4) is 5.75 Å². The fourth-order valence-electron chi connectivity index (χ4n) is 2.97. The van der Waals surface area contributed by atoms with Gasteiger partial charge in [0.25, 0.3) is 0 Å². The number of hydrogen-bond acceptors (Lipinski definition) is 4.